The lowest BCUT2D eigenvalue weighted by Crippen LogP contribution is -2.38. The van der Waals surface area contributed by atoms with Crippen molar-refractivity contribution in [3.05, 3.63) is 0 Å². The van der Waals surface area contributed by atoms with Crippen LogP contribution in [-0.2, 0) is 0 Å². The molecule has 0 aromatic carbocycles. The zero-order valence-electron chi connectivity index (χ0n) is 10.9. The van der Waals surface area contributed by atoms with E-state index in [0.717, 1.165) is 19.4 Å². The number of nitrogens with one attached hydrogen (secondary N) is 1. The summed E-state index contributed by atoms with van der Waals surface area (Å²) in [6.45, 7) is 3.20. The second-order valence-electron chi connectivity index (χ2n) is 6.20. The highest BCUT2D eigenvalue weighted by Crippen LogP contribution is 2.39. The van der Waals surface area contributed by atoms with E-state index in [1.807, 2.05) is 0 Å². The smallest absolute Gasteiger partial charge is 0.248 e. The van der Waals surface area contributed by atoms with Gasteiger partial charge in [0, 0.05) is 18.9 Å². The van der Waals surface area contributed by atoms with Crippen LogP contribution < -0.4 is 5.32 Å². The molecule has 0 spiro atoms. The maximum atomic E-state index is 13.3. The lowest BCUT2D eigenvalue weighted by atomic mass is 9.81. The quantitative estimate of drug-likeness (QED) is 0.772. The zero-order valence-corrected chi connectivity index (χ0v) is 10.9. The Bertz CT molecular complexity index is 238. The average Bonchev–Trinajstić information content (AvgIpc) is 2.13. The summed E-state index contributed by atoms with van der Waals surface area (Å²) in [6, 6.07) is 0.713. The van der Waals surface area contributed by atoms with Gasteiger partial charge in [0.1, 0.15) is 0 Å². The second kappa shape index (κ2) is 5.64. The lowest BCUT2D eigenvalue weighted by molar-refractivity contribution is -0.0554. The van der Waals surface area contributed by atoms with Crippen molar-refractivity contribution in [2.24, 2.45) is 11.8 Å². The summed E-state index contributed by atoms with van der Waals surface area (Å²) in [6.07, 6.45) is 6.86. The molecule has 2 unspecified atom stereocenters. The minimum absolute atomic E-state index is 0.109. The van der Waals surface area contributed by atoms with Gasteiger partial charge in [0.05, 0.1) is 0 Å². The Balaban J connectivity index is 1.64. The Labute approximate surface area is 103 Å². The molecule has 2 saturated carbocycles. The van der Waals surface area contributed by atoms with Gasteiger partial charge < -0.3 is 5.32 Å². The molecule has 0 amide bonds. The van der Waals surface area contributed by atoms with Crippen LogP contribution in [0.25, 0.3) is 0 Å². The number of rotatable bonds is 5. The third-order valence-corrected chi connectivity index (χ3v) is 4.34. The van der Waals surface area contributed by atoms with Crippen LogP contribution in [0.3, 0.4) is 0 Å². The minimum Gasteiger partial charge on any atom is -0.314 e. The van der Waals surface area contributed by atoms with Crippen LogP contribution >= 0.6 is 0 Å². The van der Waals surface area contributed by atoms with Crippen LogP contribution in [0.1, 0.15) is 58.3 Å². The molecule has 17 heavy (non-hydrogen) atoms. The molecular formula is C14H25F2N. The molecule has 3 heteroatoms. The van der Waals surface area contributed by atoms with E-state index < -0.39 is 5.92 Å². The van der Waals surface area contributed by atoms with Gasteiger partial charge in [-0.15, -0.1) is 0 Å². The molecule has 0 bridgehead atoms. The summed E-state index contributed by atoms with van der Waals surface area (Å²) in [7, 11) is 0. The van der Waals surface area contributed by atoms with E-state index in [1.165, 1.54) is 19.3 Å². The summed E-state index contributed by atoms with van der Waals surface area (Å²) in [4.78, 5) is 0. The Kier molecular flexibility index (Phi) is 4.40. The Morgan fingerprint density at radius 3 is 2.59 bits per heavy atom. The predicted molar refractivity (Wildman–Crippen MR) is 66.3 cm³/mol. The molecule has 1 N–H and O–H groups in total. The van der Waals surface area contributed by atoms with Gasteiger partial charge in [0.15, 0.2) is 0 Å². The van der Waals surface area contributed by atoms with Crippen molar-refractivity contribution in [2.75, 3.05) is 6.54 Å². The van der Waals surface area contributed by atoms with Crippen molar-refractivity contribution in [3.8, 4) is 0 Å². The molecule has 2 aliphatic rings. The molecule has 0 aromatic rings. The van der Waals surface area contributed by atoms with Gasteiger partial charge in [0.25, 0.3) is 0 Å². The number of hydrogen-bond acceptors (Lipinski definition) is 1. The SMILES string of the molecule is CC(CNC1CCC1)CC1CCCC(F)(F)C1. The highest BCUT2D eigenvalue weighted by Gasteiger charge is 2.36. The topological polar surface area (TPSA) is 12.0 Å². The first-order chi connectivity index (χ1) is 8.05. The largest absolute Gasteiger partial charge is 0.314 e. The van der Waals surface area contributed by atoms with Crippen LogP contribution in [0.2, 0.25) is 0 Å². The van der Waals surface area contributed by atoms with E-state index in [4.69, 9.17) is 0 Å². The fraction of sp³-hybridized carbons (Fsp3) is 1.00. The van der Waals surface area contributed by atoms with Gasteiger partial charge in [-0.2, -0.15) is 0 Å². The van der Waals surface area contributed by atoms with Crippen molar-refractivity contribution < 1.29 is 8.78 Å². The standard InChI is InChI=1S/C14H25F2N/c1-11(10-17-13-5-2-6-13)8-12-4-3-7-14(15,16)9-12/h11-13,17H,2-10H2,1H3. The highest BCUT2D eigenvalue weighted by atomic mass is 19.3. The molecule has 2 fully saturated rings. The Hall–Kier alpha value is -0.180. The molecule has 0 aromatic heterocycles. The van der Waals surface area contributed by atoms with Gasteiger partial charge >= 0.3 is 0 Å². The first-order valence-corrected chi connectivity index (χ1v) is 7.16. The van der Waals surface area contributed by atoms with Crippen LogP contribution in [-0.4, -0.2) is 18.5 Å². The van der Waals surface area contributed by atoms with Crippen LogP contribution in [0.5, 0.6) is 0 Å². The summed E-state index contributed by atoms with van der Waals surface area (Å²) in [5, 5.41) is 3.54. The van der Waals surface area contributed by atoms with Gasteiger partial charge in [-0.3, -0.25) is 0 Å². The molecule has 2 atom stereocenters. The van der Waals surface area contributed by atoms with E-state index in [9.17, 15) is 8.78 Å². The average molecular weight is 245 g/mol. The van der Waals surface area contributed by atoms with Gasteiger partial charge in [0.2, 0.25) is 5.92 Å². The maximum absolute atomic E-state index is 13.3. The molecular weight excluding hydrogens is 220 g/mol. The molecule has 2 aliphatic carbocycles. The normalized spacial score (nSPS) is 30.9. The van der Waals surface area contributed by atoms with Crippen LogP contribution in [0.15, 0.2) is 0 Å². The number of hydrogen-bond donors (Lipinski definition) is 1. The van der Waals surface area contributed by atoms with Gasteiger partial charge in [-0.05, 0) is 44.1 Å². The fourth-order valence-electron chi connectivity index (χ4n) is 3.11. The predicted octanol–water partition coefficient (Wildman–Crippen LogP) is 3.98. The number of alkyl halides is 2. The molecule has 0 heterocycles. The van der Waals surface area contributed by atoms with E-state index in [-0.39, 0.29) is 18.8 Å². The van der Waals surface area contributed by atoms with Gasteiger partial charge in [-0.1, -0.05) is 19.8 Å². The molecule has 2 rings (SSSR count). The van der Waals surface area contributed by atoms with Crippen molar-refractivity contribution in [1.82, 2.24) is 5.32 Å². The van der Waals surface area contributed by atoms with Crippen LogP contribution in [0.4, 0.5) is 8.78 Å². The minimum atomic E-state index is -2.38. The van der Waals surface area contributed by atoms with Crippen molar-refractivity contribution in [2.45, 2.75) is 70.3 Å². The fourth-order valence-corrected chi connectivity index (χ4v) is 3.11. The third kappa shape index (κ3) is 4.20. The first kappa shape index (κ1) is 13.3. The zero-order chi connectivity index (χ0) is 12.3. The summed E-state index contributed by atoms with van der Waals surface area (Å²) in [5.41, 5.74) is 0. The monoisotopic (exact) mass is 245 g/mol. The van der Waals surface area contributed by atoms with E-state index in [0.29, 0.717) is 18.4 Å². The summed E-state index contributed by atoms with van der Waals surface area (Å²) >= 11 is 0. The Morgan fingerprint density at radius 1 is 1.24 bits per heavy atom. The first-order valence-electron chi connectivity index (χ1n) is 7.16. The lowest BCUT2D eigenvalue weighted by Gasteiger charge is -2.32. The van der Waals surface area contributed by atoms with E-state index in [1.54, 1.807) is 0 Å². The maximum Gasteiger partial charge on any atom is 0.248 e. The van der Waals surface area contributed by atoms with E-state index in [2.05, 4.69) is 12.2 Å². The second-order valence-corrected chi connectivity index (χ2v) is 6.20. The Morgan fingerprint density at radius 2 is 2.00 bits per heavy atom. The van der Waals surface area contributed by atoms with Crippen molar-refractivity contribution in [3.63, 3.8) is 0 Å². The summed E-state index contributed by atoms with van der Waals surface area (Å²) in [5.74, 6) is -1.60. The third-order valence-electron chi connectivity index (χ3n) is 4.34. The van der Waals surface area contributed by atoms with Crippen LogP contribution in [0, 0.1) is 11.8 Å². The summed E-state index contributed by atoms with van der Waals surface area (Å²) < 4.78 is 26.5. The number of halogens is 2. The molecule has 0 radical (unpaired) electrons. The van der Waals surface area contributed by atoms with Crippen molar-refractivity contribution in [1.29, 1.82) is 0 Å². The molecule has 0 saturated heterocycles. The van der Waals surface area contributed by atoms with Crippen molar-refractivity contribution >= 4 is 0 Å². The molecule has 100 valence electrons. The molecule has 0 aliphatic heterocycles. The van der Waals surface area contributed by atoms with Gasteiger partial charge in [-0.25, -0.2) is 8.78 Å². The van der Waals surface area contributed by atoms with E-state index >= 15 is 0 Å². The molecule has 1 nitrogen and oxygen atoms in total. The highest BCUT2D eigenvalue weighted by molar-refractivity contribution is 4.81.